The first-order chi connectivity index (χ1) is 14.6. The molecule has 3 rings (SSSR count). The van der Waals surface area contributed by atoms with Crippen LogP contribution in [0.4, 0.5) is 10.1 Å². The van der Waals surface area contributed by atoms with Gasteiger partial charge in [-0.2, -0.15) is 0 Å². The normalized spacial score (nSPS) is 18.5. The fourth-order valence-electron chi connectivity index (χ4n) is 3.44. The summed E-state index contributed by atoms with van der Waals surface area (Å²) in [6, 6.07) is 15.9. The average Bonchev–Trinajstić information content (AvgIpc) is 2.77. The number of rotatable bonds is 9. The van der Waals surface area contributed by atoms with Gasteiger partial charge in [0.05, 0.1) is 5.25 Å². The third-order valence-electron chi connectivity index (χ3n) is 5.13. The summed E-state index contributed by atoms with van der Waals surface area (Å²) in [5.41, 5.74) is 2.08. The topological polar surface area (TPSA) is 61.4 Å². The molecule has 2 aromatic rings. The average molecular weight is 430 g/mol. The van der Waals surface area contributed by atoms with E-state index in [1.54, 1.807) is 12.1 Å². The highest BCUT2D eigenvalue weighted by atomic mass is 32.2. The zero-order valence-electron chi connectivity index (χ0n) is 17.1. The smallest absolute Gasteiger partial charge is 0.243 e. The number of hydrogen-bond donors (Lipinski definition) is 2. The monoisotopic (exact) mass is 429 g/mol. The number of amides is 2. The van der Waals surface area contributed by atoms with Gasteiger partial charge in [0.15, 0.2) is 0 Å². The highest BCUT2D eigenvalue weighted by Crippen LogP contribution is 2.22. The second kappa shape index (κ2) is 11.0. The molecule has 0 aliphatic carbocycles. The summed E-state index contributed by atoms with van der Waals surface area (Å²) in [6.45, 7) is 4.44. The van der Waals surface area contributed by atoms with E-state index in [1.807, 2.05) is 18.2 Å². The van der Waals surface area contributed by atoms with E-state index in [1.165, 1.54) is 29.6 Å². The minimum Gasteiger partial charge on any atom is -0.372 e. The molecule has 1 heterocycles. The molecular formula is C23H28FN3O2S. The molecule has 1 fully saturated rings. The Morgan fingerprint density at radius 2 is 1.93 bits per heavy atom. The van der Waals surface area contributed by atoms with Gasteiger partial charge in [0, 0.05) is 31.1 Å². The van der Waals surface area contributed by atoms with Gasteiger partial charge in [-0.05, 0) is 49.6 Å². The number of nitrogens with one attached hydrogen (secondary N) is 2. The molecule has 0 unspecified atom stereocenters. The summed E-state index contributed by atoms with van der Waals surface area (Å²) in [6.07, 6.45) is 1.35. The Morgan fingerprint density at radius 1 is 1.20 bits per heavy atom. The van der Waals surface area contributed by atoms with E-state index in [0.717, 1.165) is 25.1 Å². The number of benzene rings is 2. The quantitative estimate of drug-likeness (QED) is 0.602. The van der Waals surface area contributed by atoms with Crippen LogP contribution in [0, 0.1) is 5.82 Å². The lowest BCUT2D eigenvalue weighted by Gasteiger charge is -2.28. The first kappa shape index (κ1) is 22.2. The predicted octanol–water partition coefficient (Wildman–Crippen LogP) is 3.00. The Kier molecular flexibility index (Phi) is 8.13. The Bertz CT molecular complexity index is 832. The second-order valence-corrected chi connectivity index (χ2v) is 8.51. The summed E-state index contributed by atoms with van der Waals surface area (Å²) in [7, 11) is 0. The van der Waals surface area contributed by atoms with Crippen molar-refractivity contribution >= 4 is 29.3 Å². The van der Waals surface area contributed by atoms with Crippen LogP contribution in [0.2, 0.25) is 0 Å². The lowest BCUT2D eigenvalue weighted by Crippen LogP contribution is -2.54. The molecule has 1 saturated heterocycles. The zero-order valence-corrected chi connectivity index (χ0v) is 18.0. The Hall–Kier alpha value is -2.54. The van der Waals surface area contributed by atoms with Gasteiger partial charge in [-0.3, -0.25) is 9.59 Å². The molecule has 1 aliphatic rings. The van der Waals surface area contributed by atoms with Crippen molar-refractivity contribution in [2.24, 2.45) is 0 Å². The van der Waals surface area contributed by atoms with Crippen molar-refractivity contribution in [3.8, 4) is 0 Å². The van der Waals surface area contributed by atoms with Crippen molar-refractivity contribution in [1.82, 2.24) is 10.6 Å². The van der Waals surface area contributed by atoms with Gasteiger partial charge in [-0.25, -0.2) is 4.39 Å². The minimum absolute atomic E-state index is 0.140. The predicted molar refractivity (Wildman–Crippen MR) is 120 cm³/mol. The van der Waals surface area contributed by atoms with Crippen molar-refractivity contribution in [2.45, 2.75) is 31.1 Å². The fraction of sp³-hybridized carbons (Fsp3) is 0.391. The number of anilines is 1. The van der Waals surface area contributed by atoms with Gasteiger partial charge in [0.25, 0.3) is 0 Å². The van der Waals surface area contributed by atoms with E-state index >= 15 is 0 Å². The minimum atomic E-state index is -0.511. The molecule has 7 heteroatoms. The summed E-state index contributed by atoms with van der Waals surface area (Å²) < 4.78 is 13.0. The van der Waals surface area contributed by atoms with Crippen LogP contribution < -0.4 is 15.5 Å². The van der Waals surface area contributed by atoms with E-state index in [2.05, 4.69) is 34.6 Å². The van der Waals surface area contributed by atoms with Gasteiger partial charge < -0.3 is 15.5 Å². The van der Waals surface area contributed by atoms with E-state index in [-0.39, 0.29) is 22.9 Å². The molecule has 2 N–H and O–H groups in total. The number of halogens is 1. The number of thioether (sulfide) groups is 1. The van der Waals surface area contributed by atoms with Crippen LogP contribution in [0.15, 0.2) is 54.6 Å². The maximum Gasteiger partial charge on any atom is 0.243 e. The Balaban J connectivity index is 1.39. The molecule has 0 aromatic heterocycles. The van der Waals surface area contributed by atoms with Crippen LogP contribution in [0.5, 0.6) is 0 Å². The van der Waals surface area contributed by atoms with E-state index in [9.17, 15) is 14.0 Å². The molecule has 0 bridgehead atoms. The van der Waals surface area contributed by atoms with Crippen LogP contribution >= 0.6 is 11.8 Å². The number of carbonyl (C=O) groups is 2. The molecule has 0 radical (unpaired) electrons. The molecule has 30 heavy (non-hydrogen) atoms. The van der Waals surface area contributed by atoms with Crippen LogP contribution in [0.25, 0.3) is 0 Å². The maximum absolute atomic E-state index is 13.0. The van der Waals surface area contributed by atoms with Gasteiger partial charge in [-0.1, -0.05) is 30.3 Å². The Morgan fingerprint density at radius 3 is 2.60 bits per heavy atom. The van der Waals surface area contributed by atoms with Crippen molar-refractivity contribution in [3.63, 3.8) is 0 Å². The van der Waals surface area contributed by atoms with E-state index < -0.39 is 6.04 Å². The molecule has 160 valence electrons. The summed E-state index contributed by atoms with van der Waals surface area (Å²) >= 11 is 1.48. The first-order valence-corrected chi connectivity index (χ1v) is 11.4. The third-order valence-corrected chi connectivity index (χ3v) is 6.44. The van der Waals surface area contributed by atoms with E-state index in [0.29, 0.717) is 18.7 Å². The summed E-state index contributed by atoms with van der Waals surface area (Å²) in [5.74, 6) is -0.0352. The SMILES string of the molecule is CCN(CCCNC(=O)[C@@H]1CS[C@@H](Cc2ccc(F)cc2)C(=O)N1)c1ccccc1. The second-order valence-electron chi connectivity index (χ2n) is 7.27. The van der Waals surface area contributed by atoms with Crippen molar-refractivity contribution in [1.29, 1.82) is 0 Å². The van der Waals surface area contributed by atoms with Gasteiger partial charge in [0.2, 0.25) is 11.8 Å². The highest BCUT2D eigenvalue weighted by molar-refractivity contribution is 8.00. The molecule has 2 aromatic carbocycles. The lowest BCUT2D eigenvalue weighted by molar-refractivity contribution is -0.128. The van der Waals surface area contributed by atoms with E-state index in [4.69, 9.17) is 0 Å². The molecule has 2 atom stereocenters. The molecule has 5 nitrogen and oxygen atoms in total. The molecule has 2 amide bonds. The van der Waals surface area contributed by atoms with Gasteiger partial charge in [0.1, 0.15) is 11.9 Å². The van der Waals surface area contributed by atoms with Gasteiger partial charge >= 0.3 is 0 Å². The number of nitrogens with zero attached hydrogens (tertiary/aromatic N) is 1. The highest BCUT2D eigenvalue weighted by Gasteiger charge is 2.32. The largest absolute Gasteiger partial charge is 0.372 e. The molecule has 1 aliphatic heterocycles. The summed E-state index contributed by atoms with van der Waals surface area (Å²) in [4.78, 5) is 27.1. The first-order valence-electron chi connectivity index (χ1n) is 10.3. The number of para-hydroxylation sites is 1. The van der Waals surface area contributed by atoms with Gasteiger partial charge in [-0.15, -0.1) is 11.8 Å². The van der Waals surface area contributed by atoms with Crippen LogP contribution in [0.1, 0.15) is 18.9 Å². The van der Waals surface area contributed by atoms with Crippen LogP contribution in [-0.2, 0) is 16.0 Å². The van der Waals surface area contributed by atoms with Crippen molar-refractivity contribution in [2.75, 3.05) is 30.3 Å². The maximum atomic E-state index is 13.0. The number of hydrogen-bond acceptors (Lipinski definition) is 4. The van der Waals surface area contributed by atoms with Crippen LogP contribution in [-0.4, -0.2) is 48.5 Å². The Labute approximate surface area is 181 Å². The third kappa shape index (κ3) is 6.23. The lowest BCUT2D eigenvalue weighted by atomic mass is 10.1. The van der Waals surface area contributed by atoms with Crippen molar-refractivity contribution in [3.05, 3.63) is 66.0 Å². The standard InChI is InChI=1S/C23H28FN3O2S/c1-2-27(19-7-4-3-5-8-19)14-6-13-25-22(28)20-16-30-21(23(29)26-20)15-17-9-11-18(24)12-10-17/h3-5,7-12,20-21H,2,6,13-16H2,1H3,(H,25,28)(H,26,29)/t20-,21-/m0/s1. The molecular weight excluding hydrogens is 401 g/mol. The molecule has 0 spiro atoms. The number of carbonyl (C=O) groups excluding carboxylic acids is 2. The fourth-order valence-corrected chi connectivity index (χ4v) is 4.62. The molecule has 0 saturated carbocycles. The van der Waals surface area contributed by atoms with Crippen LogP contribution in [0.3, 0.4) is 0 Å². The van der Waals surface area contributed by atoms with Crippen molar-refractivity contribution < 1.29 is 14.0 Å². The summed E-state index contributed by atoms with van der Waals surface area (Å²) in [5, 5.41) is 5.51. The zero-order chi connectivity index (χ0) is 21.3.